The smallest absolute Gasteiger partial charge is 0.163 e. The van der Waals surface area contributed by atoms with Crippen LogP contribution in [0.5, 0.6) is 0 Å². The van der Waals surface area contributed by atoms with Gasteiger partial charge in [0.05, 0.1) is 17.6 Å². The van der Waals surface area contributed by atoms with Crippen molar-refractivity contribution < 1.29 is 0 Å². The Kier molecular flexibility index (Phi) is 2.77. The molecule has 0 aliphatic heterocycles. The third-order valence-electron chi connectivity index (χ3n) is 2.80. The van der Waals surface area contributed by atoms with Gasteiger partial charge in [-0.3, -0.25) is 0 Å². The normalized spacial score (nSPS) is 13.0. The molecule has 2 aromatic rings. The zero-order chi connectivity index (χ0) is 11.7. The summed E-state index contributed by atoms with van der Waals surface area (Å²) in [6.45, 7) is 4.29. The number of rotatable bonds is 3. The molecule has 0 aliphatic rings. The van der Waals surface area contributed by atoms with Crippen LogP contribution < -0.4 is 4.90 Å². The van der Waals surface area contributed by atoms with Gasteiger partial charge in [0.15, 0.2) is 5.65 Å². The van der Waals surface area contributed by atoms with Crippen molar-refractivity contribution >= 4 is 16.9 Å². The summed E-state index contributed by atoms with van der Waals surface area (Å²) >= 11 is 0. The van der Waals surface area contributed by atoms with E-state index in [0.29, 0.717) is 6.04 Å². The Morgan fingerprint density at radius 2 is 2.12 bits per heavy atom. The summed E-state index contributed by atoms with van der Waals surface area (Å²) in [7, 11) is 3.95. The van der Waals surface area contributed by atoms with Crippen molar-refractivity contribution in [3.8, 4) is 0 Å². The molecule has 0 aromatic carbocycles. The van der Waals surface area contributed by atoms with E-state index in [4.69, 9.17) is 0 Å². The second-order valence-electron chi connectivity index (χ2n) is 4.18. The fourth-order valence-electron chi connectivity index (χ4n) is 1.70. The molecular formula is C11H17N5. The molecule has 0 bridgehead atoms. The van der Waals surface area contributed by atoms with Gasteiger partial charge in [-0.05, 0) is 13.3 Å². The number of aromatic nitrogens is 4. The van der Waals surface area contributed by atoms with E-state index in [1.54, 1.807) is 6.33 Å². The van der Waals surface area contributed by atoms with Gasteiger partial charge in [-0.1, -0.05) is 6.92 Å². The van der Waals surface area contributed by atoms with Gasteiger partial charge in [-0.25, -0.2) is 14.6 Å². The minimum absolute atomic E-state index is 0.363. The van der Waals surface area contributed by atoms with E-state index in [0.717, 1.165) is 23.3 Å². The highest BCUT2D eigenvalue weighted by Crippen LogP contribution is 2.23. The molecule has 16 heavy (non-hydrogen) atoms. The Balaban J connectivity index is 2.61. The molecule has 2 heterocycles. The first kappa shape index (κ1) is 10.9. The van der Waals surface area contributed by atoms with Crippen LogP contribution in [0.15, 0.2) is 12.5 Å². The first-order chi connectivity index (χ1) is 7.65. The SMILES string of the molecule is CC[C@H](C)n1ncc2c(N(C)C)ncnc21. The van der Waals surface area contributed by atoms with Crippen LogP contribution in [-0.4, -0.2) is 33.8 Å². The van der Waals surface area contributed by atoms with Crippen molar-refractivity contribution in [2.75, 3.05) is 19.0 Å². The van der Waals surface area contributed by atoms with Crippen LogP contribution in [0.2, 0.25) is 0 Å². The van der Waals surface area contributed by atoms with Gasteiger partial charge >= 0.3 is 0 Å². The lowest BCUT2D eigenvalue weighted by molar-refractivity contribution is 0.489. The van der Waals surface area contributed by atoms with Crippen LogP contribution in [0.4, 0.5) is 5.82 Å². The summed E-state index contributed by atoms with van der Waals surface area (Å²) in [5.41, 5.74) is 0.910. The molecule has 0 unspecified atom stereocenters. The van der Waals surface area contributed by atoms with E-state index in [1.165, 1.54) is 0 Å². The van der Waals surface area contributed by atoms with Crippen molar-refractivity contribution in [3.63, 3.8) is 0 Å². The van der Waals surface area contributed by atoms with Crippen LogP contribution in [0.1, 0.15) is 26.3 Å². The van der Waals surface area contributed by atoms with Gasteiger partial charge in [0.1, 0.15) is 12.1 Å². The first-order valence-electron chi connectivity index (χ1n) is 5.50. The van der Waals surface area contributed by atoms with E-state index in [2.05, 4.69) is 28.9 Å². The molecule has 0 spiro atoms. The number of anilines is 1. The minimum Gasteiger partial charge on any atom is -0.362 e. The maximum Gasteiger partial charge on any atom is 0.163 e. The molecular weight excluding hydrogens is 202 g/mol. The quantitative estimate of drug-likeness (QED) is 0.790. The van der Waals surface area contributed by atoms with Crippen molar-refractivity contribution in [2.24, 2.45) is 0 Å². The monoisotopic (exact) mass is 219 g/mol. The molecule has 0 radical (unpaired) electrons. The summed E-state index contributed by atoms with van der Waals surface area (Å²) in [5, 5.41) is 5.40. The third kappa shape index (κ3) is 1.62. The van der Waals surface area contributed by atoms with Crippen LogP contribution in [0.25, 0.3) is 11.0 Å². The molecule has 2 rings (SSSR count). The average molecular weight is 219 g/mol. The Morgan fingerprint density at radius 3 is 2.75 bits per heavy atom. The summed E-state index contributed by atoms with van der Waals surface area (Å²) < 4.78 is 1.96. The molecule has 0 aliphatic carbocycles. The Labute approximate surface area is 95.1 Å². The van der Waals surface area contributed by atoms with Crippen LogP contribution in [0, 0.1) is 0 Å². The molecule has 86 valence electrons. The Bertz CT molecular complexity index is 488. The lowest BCUT2D eigenvalue weighted by Crippen LogP contribution is -2.12. The number of hydrogen-bond donors (Lipinski definition) is 0. The Hall–Kier alpha value is -1.65. The van der Waals surface area contributed by atoms with E-state index < -0.39 is 0 Å². The molecule has 5 nitrogen and oxygen atoms in total. The molecule has 0 N–H and O–H groups in total. The number of nitrogens with zero attached hydrogens (tertiary/aromatic N) is 5. The zero-order valence-corrected chi connectivity index (χ0v) is 10.2. The maximum absolute atomic E-state index is 4.40. The van der Waals surface area contributed by atoms with E-state index in [1.807, 2.05) is 29.9 Å². The van der Waals surface area contributed by atoms with Crippen molar-refractivity contribution in [1.29, 1.82) is 0 Å². The maximum atomic E-state index is 4.40. The van der Waals surface area contributed by atoms with Gasteiger partial charge in [0.25, 0.3) is 0 Å². The molecule has 0 saturated heterocycles. The molecule has 5 heteroatoms. The predicted molar refractivity (Wildman–Crippen MR) is 64.7 cm³/mol. The molecule has 0 amide bonds. The highest BCUT2D eigenvalue weighted by atomic mass is 15.3. The lowest BCUT2D eigenvalue weighted by atomic mass is 10.2. The van der Waals surface area contributed by atoms with Crippen molar-refractivity contribution in [1.82, 2.24) is 19.7 Å². The number of fused-ring (bicyclic) bond motifs is 1. The molecule has 2 aromatic heterocycles. The van der Waals surface area contributed by atoms with Crippen LogP contribution >= 0.6 is 0 Å². The zero-order valence-electron chi connectivity index (χ0n) is 10.2. The summed E-state index contributed by atoms with van der Waals surface area (Å²) in [5.74, 6) is 0.916. The average Bonchev–Trinajstić information content (AvgIpc) is 2.71. The summed E-state index contributed by atoms with van der Waals surface area (Å²) in [4.78, 5) is 10.6. The second-order valence-corrected chi connectivity index (χ2v) is 4.18. The summed E-state index contributed by atoms with van der Waals surface area (Å²) in [6, 6.07) is 0.363. The number of hydrogen-bond acceptors (Lipinski definition) is 4. The van der Waals surface area contributed by atoms with E-state index in [-0.39, 0.29) is 0 Å². The topological polar surface area (TPSA) is 46.8 Å². The van der Waals surface area contributed by atoms with E-state index in [9.17, 15) is 0 Å². The predicted octanol–water partition coefficient (Wildman–Crippen LogP) is 1.86. The highest BCUT2D eigenvalue weighted by molar-refractivity contribution is 5.86. The standard InChI is InChI=1S/C11H17N5/c1-5-8(2)16-11-9(6-14-16)10(15(3)4)12-7-13-11/h6-8H,5H2,1-4H3/t8-/m0/s1. The minimum atomic E-state index is 0.363. The fraction of sp³-hybridized carbons (Fsp3) is 0.545. The summed E-state index contributed by atoms with van der Waals surface area (Å²) in [6.07, 6.45) is 4.48. The molecule has 0 saturated carbocycles. The third-order valence-corrected chi connectivity index (χ3v) is 2.80. The van der Waals surface area contributed by atoms with Crippen LogP contribution in [0.3, 0.4) is 0 Å². The van der Waals surface area contributed by atoms with Crippen molar-refractivity contribution in [2.45, 2.75) is 26.3 Å². The Morgan fingerprint density at radius 1 is 1.38 bits per heavy atom. The van der Waals surface area contributed by atoms with E-state index >= 15 is 0 Å². The van der Waals surface area contributed by atoms with Crippen LogP contribution in [-0.2, 0) is 0 Å². The first-order valence-corrected chi connectivity index (χ1v) is 5.50. The van der Waals surface area contributed by atoms with Gasteiger partial charge < -0.3 is 4.90 Å². The molecule has 0 fully saturated rings. The largest absolute Gasteiger partial charge is 0.362 e. The van der Waals surface area contributed by atoms with Gasteiger partial charge in [-0.15, -0.1) is 0 Å². The van der Waals surface area contributed by atoms with Crippen molar-refractivity contribution in [3.05, 3.63) is 12.5 Å². The van der Waals surface area contributed by atoms with Gasteiger partial charge in [0, 0.05) is 14.1 Å². The second kappa shape index (κ2) is 4.08. The highest BCUT2D eigenvalue weighted by Gasteiger charge is 2.13. The molecule has 1 atom stereocenters. The fourth-order valence-corrected chi connectivity index (χ4v) is 1.70. The van der Waals surface area contributed by atoms with Gasteiger partial charge in [-0.2, -0.15) is 5.10 Å². The van der Waals surface area contributed by atoms with Gasteiger partial charge in [0.2, 0.25) is 0 Å². The lowest BCUT2D eigenvalue weighted by Gasteiger charge is -2.13.